The molecular weight excluding hydrogens is 286 g/mol. The first-order valence-corrected chi connectivity index (χ1v) is 11.0. The van der Waals surface area contributed by atoms with E-state index in [0.29, 0.717) is 0 Å². The van der Waals surface area contributed by atoms with Crippen molar-refractivity contribution >= 4 is 13.8 Å². The number of anilines is 1. The summed E-state index contributed by atoms with van der Waals surface area (Å²) in [5.74, 6) is 4.25. The second kappa shape index (κ2) is 7.19. The van der Waals surface area contributed by atoms with Crippen molar-refractivity contribution in [1.29, 1.82) is 0 Å². The highest BCUT2D eigenvalue weighted by molar-refractivity contribution is 6.83. The molecular formula is C19H23NOSi. The first-order valence-electron chi connectivity index (χ1n) is 7.47. The first kappa shape index (κ1) is 16.2. The topological polar surface area (TPSA) is 21.3 Å². The predicted octanol–water partition coefficient (Wildman–Crippen LogP) is 4.73. The lowest BCUT2D eigenvalue weighted by Gasteiger charge is -2.18. The zero-order valence-corrected chi connectivity index (χ0v) is 14.7. The maximum absolute atomic E-state index is 5.43. The zero-order chi connectivity index (χ0) is 16.0. The molecule has 0 aliphatic heterocycles. The van der Waals surface area contributed by atoms with Crippen LogP contribution >= 0.6 is 0 Å². The third-order valence-corrected chi connectivity index (χ3v) is 4.03. The smallest absolute Gasteiger partial charge is 0.141 e. The van der Waals surface area contributed by atoms with E-state index in [1.165, 1.54) is 5.56 Å². The number of hydrogen-bond acceptors (Lipinski definition) is 2. The molecule has 0 heterocycles. The van der Waals surface area contributed by atoms with Crippen LogP contribution in [0.5, 0.6) is 5.75 Å². The van der Waals surface area contributed by atoms with Crippen LogP contribution in [0.4, 0.5) is 5.69 Å². The molecule has 0 radical (unpaired) electrons. The van der Waals surface area contributed by atoms with Gasteiger partial charge in [-0.1, -0.05) is 68.0 Å². The van der Waals surface area contributed by atoms with Crippen LogP contribution in [0.2, 0.25) is 19.6 Å². The van der Waals surface area contributed by atoms with E-state index in [1.807, 2.05) is 42.5 Å². The van der Waals surface area contributed by atoms with Gasteiger partial charge < -0.3 is 10.1 Å². The Balaban J connectivity index is 2.34. The number of methoxy groups -OCH3 is 1. The van der Waals surface area contributed by atoms with Crippen molar-refractivity contribution in [3.8, 4) is 17.2 Å². The lowest BCUT2D eigenvalue weighted by molar-refractivity contribution is 0.416. The SMILES string of the molecule is COc1ccccc1N[C@@H](C#C[Si](C)(C)C)c1ccccc1. The second-order valence-electron chi connectivity index (χ2n) is 6.21. The molecule has 0 bridgehead atoms. The van der Waals surface area contributed by atoms with Crippen molar-refractivity contribution < 1.29 is 4.74 Å². The molecule has 0 aliphatic carbocycles. The van der Waals surface area contributed by atoms with Crippen molar-refractivity contribution in [3.63, 3.8) is 0 Å². The van der Waals surface area contributed by atoms with Crippen LogP contribution in [-0.4, -0.2) is 15.2 Å². The fourth-order valence-electron chi connectivity index (χ4n) is 2.06. The molecule has 22 heavy (non-hydrogen) atoms. The quantitative estimate of drug-likeness (QED) is 0.651. The number of ether oxygens (including phenoxy) is 1. The monoisotopic (exact) mass is 309 g/mol. The Kier molecular flexibility index (Phi) is 5.29. The molecule has 0 amide bonds. The number of benzene rings is 2. The Morgan fingerprint density at radius 1 is 0.955 bits per heavy atom. The number of nitrogens with one attached hydrogen (secondary N) is 1. The van der Waals surface area contributed by atoms with Gasteiger partial charge in [0.2, 0.25) is 0 Å². The fraction of sp³-hybridized carbons (Fsp3) is 0.263. The lowest BCUT2D eigenvalue weighted by Crippen LogP contribution is -2.18. The summed E-state index contributed by atoms with van der Waals surface area (Å²) in [7, 11) is 0.262. The molecule has 2 aromatic rings. The molecule has 2 rings (SSSR count). The van der Waals surface area contributed by atoms with Crippen LogP contribution in [-0.2, 0) is 0 Å². The Labute approximate surface area is 134 Å². The Morgan fingerprint density at radius 3 is 2.23 bits per heavy atom. The minimum Gasteiger partial charge on any atom is -0.495 e. The van der Waals surface area contributed by atoms with Crippen molar-refractivity contribution in [2.45, 2.75) is 25.7 Å². The minimum atomic E-state index is -1.42. The van der Waals surface area contributed by atoms with E-state index in [9.17, 15) is 0 Å². The summed E-state index contributed by atoms with van der Waals surface area (Å²) in [5, 5.41) is 3.51. The maximum Gasteiger partial charge on any atom is 0.141 e. The van der Waals surface area contributed by atoms with Crippen LogP contribution in [0.25, 0.3) is 0 Å². The van der Waals surface area contributed by atoms with Crippen LogP contribution < -0.4 is 10.1 Å². The average molecular weight is 309 g/mol. The summed E-state index contributed by atoms with van der Waals surface area (Å²) in [6.45, 7) is 6.77. The molecule has 0 unspecified atom stereocenters. The summed E-state index contributed by atoms with van der Waals surface area (Å²) in [5.41, 5.74) is 5.59. The molecule has 0 saturated heterocycles. The normalized spacial score (nSPS) is 12.0. The molecule has 3 heteroatoms. The van der Waals surface area contributed by atoms with Gasteiger partial charge in [-0.2, -0.15) is 0 Å². The fourth-order valence-corrected chi connectivity index (χ4v) is 2.63. The van der Waals surface area contributed by atoms with Gasteiger partial charge in [-0.05, 0) is 17.7 Å². The van der Waals surface area contributed by atoms with Crippen LogP contribution in [0.1, 0.15) is 11.6 Å². The molecule has 1 N–H and O–H groups in total. The first-order chi connectivity index (χ1) is 10.5. The van der Waals surface area contributed by atoms with Gasteiger partial charge in [0.15, 0.2) is 0 Å². The molecule has 1 atom stereocenters. The van der Waals surface area contributed by atoms with Gasteiger partial charge >= 0.3 is 0 Å². The van der Waals surface area contributed by atoms with E-state index in [2.05, 4.69) is 48.6 Å². The molecule has 0 saturated carbocycles. The van der Waals surface area contributed by atoms with E-state index >= 15 is 0 Å². The van der Waals surface area contributed by atoms with Gasteiger partial charge in [0.1, 0.15) is 19.9 Å². The summed E-state index contributed by atoms with van der Waals surface area (Å²) in [4.78, 5) is 0. The second-order valence-corrected chi connectivity index (χ2v) is 11.0. The van der Waals surface area contributed by atoms with Gasteiger partial charge in [-0.25, -0.2) is 0 Å². The van der Waals surface area contributed by atoms with Gasteiger partial charge in [-0.3, -0.25) is 0 Å². The van der Waals surface area contributed by atoms with Crippen LogP contribution in [0, 0.1) is 11.5 Å². The Bertz CT molecular complexity index is 665. The lowest BCUT2D eigenvalue weighted by atomic mass is 10.1. The summed E-state index contributed by atoms with van der Waals surface area (Å²) < 4.78 is 5.43. The van der Waals surface area contributed by atoms with E-state index in [4.69, 9.17) is 4.74 Å². The Hall–Kier alpha value is -2.18. The summed E-state index contributed by atoms with van der Waals surface area (Å²) in [6.07, 6.45) is 0. The van der Waals surface area contributed by atoms with Gasteiger partial charge in [0.05, 0.1) is 12.8 Å². The highest BCUT2D eigenvalue weighted by Gasteiger charge is 2.13. The number of hydrogen-bond donors (Lipinski definition) is 1. The molecule has 0 aliphatic rings. The zero-order valence-electron chi connectivity index (χ0n) is 13.7. The minimum absolute atomic E-state index is 0.0378. The highest BCUT2D eigenvalue weighted by atomic mass is 28.3. The Morgan fingerprint density at radius 2 is 1.59 bits per heavy atom. The van der Waals surface area contributed by atoms with E-state index in [0.717, 1.165) is 11.4 Å². The number of para-hydroxylation sites is 2. The van der Waals surface area contributed by atoms with Crippen molar-refractivity contribution in [1.82, 2.24) is 0 Å². The van der Waals surface area contributed by atoms with E-state index in [1.54, 1.807) is 7.11 Å². The van der Waals surface area contributed by atoms with E-state index < -0.39 is 8.07 Å². The molecule has 0 aromatic heterocycles. The molecule has 114 valence electrons. The molecule has 0 spiro atoms. The van der Waals surface area contributed by atoms with E-state index in [-0.39, 0.29) is 6.04 Å². The average Bonchev–Trinajstić information content (AvgIpc) is 2.51. The number of rotatable bonds is 4. The van der Waals surface area contributed by atoms with Crippen molar-refractivity contribution in [3.05, 3.63) is 60.2 Å². The van der Waals surface area contributed by atoms with Gasteiger partial charge in [-0.15, -0.1) is 5.54 Å². The third kappa shape index (κ3) is 4.68. The third-order valence-electron chi connectivity index (χ3n) is 3.13. The van der Waals surface area contributed by atoms with Crippen LogP contribution in [0.15, 0.2) is 54.6 Å². The van der Waals surface area contributed by atoms with Crippen molar-refractivity contribution in [2.24, 2.45) is 0 Å². The standard InChI is InChI=1S/C19H23NOSi/c1-21-19-13-9-8-12-18(19)20-17(14-15-22(2,3)4)16-10-6-5-7-11-16/h5-13,17,20H,1-4H3/t17-/m0/s1. The van der Waals surface area contributed by atoms with Crippen LogP contribution in [0.3, 0.4) is 0 Å². The molecule has 2 nitrogen and oxygen atoms in total. The molecule has 0 fully saturated rings. The summed E-state index contributed by atoms with van der Waals surface area (Å²) in [6, 6.07) is 18.2. The molecule has 2 aromatic carbocycles. The van der Waals surface area contributed by atoms with Crippen molar-refractivity contribution in [2.75, 3.05) is 12.4 Å². The van der Waals surface area contributed by atoms with Gasteiger partial charge in [0, 0.05) is 0 Å². The van der Waals surface area contributed by atoms with Gasteiger partial charge in [0.25, 0.3) is 0 Å². The largest absolute Gasteiger partial charge is 0.495 e. The maximum atomic E-state index is 5.43. The highest BCUT2D eigenvalue weighted by Crippen LogP contribution is 2.27. The summed E-state index contributed by atoms with van der Waals surface area (Å²) >= 11 is 0. The predicted molar refractivity (Wildman–Crippen MR) is 96.9 cm³/mol.